The number of alkyl halides is 6. The average molecular weight is 331 g/mol. The molecule has 1 N–H and O–H groups in total. The Balaban J connectivity index is 0. The lowest BCUT2D eigenvalue weighted by Gasteiger charge is -2.10. The van der Waals surface area contributed by atoms with Crippen LogP contribution >= 0.6 is 81.2 Å². The van der Waals surface area contributed by atoms with Crippen molar-refractivity contribution in [1.82, 2.24) is 0 Å². The van der Waals surface area contributed by atoms with E-state index in [0.717, 1.165) is 0 Å². The lowest BCUT2D eigenvalue weighted by Crippen LogP contribution is -2.19. The summed E-state index contributed by atoms with van der Waals surface area (Å²) >= 11 is 34.4. The van der Waals surface area contributed by atoms with Crippen LogP contribution in [0.3, 0.4) is 0 Å². The largest absolute Gasteiger partial charge is 0.360 e. The molecular weight excluding hydrogens is 328 g/mol. The van der Waals surface area contributed by atoms with Crippen molar-refractivity contribution in [2.75, 3.05) is 0 Å². The molecule has 0 rings (SSSR count). The highest BCUT2D eigenvalue weighted by Crippen LogP contribution is 2.28. The van der Waals surface area contributed by atoms with Crippen molar-refractivity contribution in [3.8, 4) is 0 Å². The number of halogens is 7. The standard InChI is InChI=1S/C2H2Cl4O.C2HCl3O/c3-1(4)2(5,6)7;3-1(4)2(5)6/h1,7H;1H. The van der Waals surface area contributed by atoms with E-state index in [1.807, 2.05) is 0 Å². The highest BCUT2D eigenvalue weighted by atomic mass is 35.5. The van der Waals surface area contributed by atoms with Crippen LogP contribution in [0.5, 0.6) is 0 Å². The monoisotopic (exact) mass is 328 g/mol. The molecule has 0 fully saturated rings. The second-order valence-corrected chi connectivity index (χ2v) is 5.40. The van der Waals surface area contributed by atoms with Gasteiger partial charge in [0.15, 0.2) is 9.67 Å². The van der Waals surface area contributed by atoms with Gasteiger partial charge in [0.05, 0.1) is 0 Å². The summed E-state index contributed by atoms with van der Waals surface area (Å²) in [6.07, 6.45) is 0. The van der Waals surface area contributed by atoms with Gasteiger partial charge in [0.25, 0.3) is 5.24 Å². The van der Waals surface area contributed by atoms with Gasteiger partial charge in [0.2, 0.25) is 4.52 Å². The molecule has 0 amide bonds. The smallest absolute Gasteiger partial charge is 0.254 e. The number of rotatable bonds is 2. The van der Waals surface area contributed by atoms with Crippen LogP contribution in [0.4, 0.5) is 0 Å². The van der Waals surface area contributed by atoms with Crippen molar-refractivity contribution in [2.45, 2.75) is 14.2 Å². The molecule has 0 bridgehead atoms. The summed E-state index contributed by atoms with van der Waals surface area (Å²) < 4.78 is -2.02. The first-order valence-corrected chi connectivity index (χ1v) is 5.32. The lowest BCUT2D eigenvalue weighted by atomic mass is 10.8. The zero-order valence-electron chi connectivity index (χ0n) is 5.66. The summed E-state index contributed by atoms with van der Waals surface area (Å²) in [6, 6.07) is 0. The predicted octanol–water partition coefficient (Wildman–Crippen LogP) is 3.47. The molecule has 0 aliphatic rings. The molecule has 0 radical (unpaired) electrons. The van der Waals surface area contributed by atoms with Crippen LogP contribution in [0.1, 0.15) is 0 Å². The molecule has 0 spiro atoms. The molecule has 9 heteroatoms. The minimum atomic E-state index is -2.02. The maximum Gasteiger partial charge on any atom is 0.254 e. The molecule has 0 aliphatic heterocycles. The van der Waals surface area contributed by atoms with E-state index in [0.29, 0.717) is 0 Å². The zero-order valence-corrected chi connectivity index (χ0v) is 10.9. The summed E-state index contributed by atoms with van der Waals surface area (Å²) in [5, 5.41) is 7.62. The van der Waals surface area contributed by atoms with Crippen molar-refractivity contribution < 1.29 is 9.90 Å². The first-order valence-electron chi connectivity index (χ1n) is 2.44. The van der Waals surface area contributed by atoms with Gasteiger partial charge in [-0.05, 0) is 11.6 Å². The van der Waals surface area contributed by atoms with Crippen molar-refractivity contribution in [2.24, 2.45) is 0 Å². The highest BCUT2D eigenvalue weighted by molar-refractivity contribution is 6.75. The van der Waals surface area contributed by atoms with Crippen LogP contribution in [0.2, 0.25) is 0 Å². The first kappa shape index (κ1) is 17.1. The van der Waals surface area contributed by atoms with E-state index < -0.39 is 19.4 Å². The third kappa shape index (κ3) is 13.7. The van der Waals surface area contributed by atoms with E-state index in [2.05, 4.69) is 0 Å². The maximum atomic E-state index is 9.65. The fourth-order valence-corrected chi connectivity index (χ4v) is 0. The number of carbonyl (C=O) groups is 1. The molecule has 0 heterocycles. The van der Waals surface area contributed by atoms with E-state index in [9.17, 15) is 4.79 Å². The minimum absolute atomic E-state index is 0.738. The minimum Gasteiger partial charge on any atom is -0.360 e. The molecule has 13 heavy (non-hydrogen) atoms. The zero-order chi connectivity index (χ0) is 11.2. The predicted molar refractivity (Wildman–Crippen MR) is 58.5 cm³/mol. The Morgan fingerprint density at radius 1 is 1.15 bits per heavy atom. The molecular formula is C4H3Cl7O2. The molecule has 0 aliphatic carbocycles. The van der Waals surface area contributed by atoms with Gasteiger partial charge in [-0.1, -0.05) is 69.6 Å². The Bertz CT molecular complexity index is 151. The Kier molecular flexibility index (Phi) is 10.4. The van der Waals surface area contributed by atoms with Gasteiger partial charge in [0.1, 0.15) is 0 Å². The average Bonchev–Trinajstić information content (AvgIpc) is 1.86. The summed E-state index contributed by atoms with van der Waals surface area (Å²) in [5.74, 6) is 0. The van der Waals surface area contributed by atoms with Crippen molar-refractivity contribution >= 4 is 86.4 Å². The Hall–Kier alpha value is 1.66. The first-order chi connectivity index (χ1) is 5.59. The number of aliphatic hydroxyl groups is 1. The molecule has 2 nitrogen and oxygen atoms in total. The van der Waals surface area contributed by atoms with E-state index in [1.54, 1.807) is 0 Å². The summed E-state index contributed by atoms with van der Waals surface area (Å²) in [5.41, 5.74) is 0. The van der Waals surface area contributed by atoms with Crippen LogP contribution < -0.4 is 0 Å². The molecule has 0 atom stereocenters. The number of hydrogen-bond acceptors (Lipinski definition) is 2. The summed E-state index contributed by atoms with van der Waals surface area (Å²) in [6.45, 7) is 0. The summed E-state index contributed by atoms with van der Waals surface area (Å²) in [7, 11) is 0. The normalized spacial score (nSPS) is 11.2. The maximum absolute atomic E-state index is 9.65. The van der Waals surface area contributed by atoms with Gasteiger partial charge in [-0.15, -0.1) is 0 Å². The topological polar surface area (TPSA) is 37.3 Å². The van der Waals surface area contributed by atoms with Crippen LogP contribution in [0, 0.1) is 0 Å². The highest BCUT2D eigenvalue weighted by Gasteiger charge is 2.27. The van der Waals surface area contributed by atoms with Crippen molar-refractivity contribution in [3.05, 3.63) is 0 Å². The second kappa shape index (κ2) is 7.89. The molecule has 0 unspecified atom stereocenters. The Morgan fingerprint density at radius 2 is 1.31 bits per heavy atom. The fraction of sp³-hybridized carbons (Fsp3) is 0.750. The third-order valence-corrected chi connectivity index (χ3v) is 2.79. The second-order valence-electron chi connectivity index (χ2n) is 1.49. The van der Waals surface area contributed by atoms with Crippen molar-refractivity contribution in [3.63, 3.8) is 0 Å². The number of hydrogen-bond donors (Lipinski definition) is 1. The molecule has 80 valence electrons. The van der Waals surface area contributed by atoms with E-state index >= 15 is 0 Å². The lowest BCUT2D eigenvalue weighted by molar-refractivity contribution is -0.110. The van der Waals surface area contributed by atoms with E-state index in [4.69, 9.17) is 86.3 Å². The third-order valence-electron chi connectivity index (χ3n) is 0.434. The fourth-order valence-electron chi connectivity index (χ4n) is 0. The molecule has 0 saturated heterocycles. The summed E-state index contributed by atoms with van der Waals surface area (Å²) in [4.78, 5) is 7.40. The van der Waals surface area contributed by atoms with Crippen LogP contribution in [-0.4, -0.2) is 24.5 Å². The molecule has 0 aromatic carbocycles. The quantitative estimate of drug-likeness (QED) is 0.621. The van der Waals surface area contributed by atoms with Gasteiger partial charge in [0, 0.05) is 0 Å². The Labute approximate surface area is 110 Å². The Morgan fingerprint density at radius 3 is 1.31 bits per heavy atom. The van der Waals surface area contributed by atoms with Gasteiger partial charge >= 0.3 is 0 Å². The van der Waals surface area contributed by atoms with Gasteiger partial charge in [-0.3, -0.25) is 4.79 Å². The SMILES string of the molecule is O=C(Cl)C(Cl)Cl.OC(Cl)(Cl)C(Cl)Cl. The van der Waals surface area contributed by atoms with Crippen LogP contribution in [-0.2, 0) is 4.79 Å². The number of carbonyl (C=O) groups excluding carboxylic acids is 1. The van der Waals surface area contributed by atoms with Crippen LogP contribution in [0.25, 0.3) is 0 Å². The van der Waals surface area contributed by atoms with Crippen molar-refractivity contribution in [1.29, 1.82) is 0 Å². The van der Waals surface area contributed by atoms with Gasteiger partial charge in [-0.25, -0.2) is 0 Å². The van der Waals surface area contributed by atoms with Gasteiger partial charge < -0.3 is 5.11 Å². The van der Waals surface area contributed by atoms with Gasteiger partial charge in [-0.2, -0.15) is 0 Å². The van der Waals surface area contributed by atoms with Crippen LogP contribution in [0.15, 0.2) is 0 Å². The molecule has 0 aromatic rings. The van der Waals surface area contributed by atoms with E-state index in [1.165, 1.54) is 0 Å². The van der Waals surface area contributed by atoms with E-state index in [-0.39, 0.29) is 0 Å². The molecule has 0 aromatic heterocycles. The molecule has 0 saturated carbocycles.